The summed E-state index contributed by atoms with van der Waals surface area (Å²) >= 11 is 1.27. The second-order valence-electron chi connectivity index (χ2n) is 8.95. The van der Waals surface area contributed by atoms with Crippen LogP contribution in [0.5, 0.6) is 5.75 Å². The molecule has 1 atom stereocenters. The quantitative estimate of drug-likeness (QED) is 0.269. The molecule has 1 aliphatic heterocycles. The third kappa shape index (κ3) is 5.54. The molecule has 8 heteroatoms. The van der Waals surface area contributed by atoms with Gasteiger partial charge in [0.25, 0.3) is 5.56 Å². The SMILES string of the molecule is C=CCOC(=O)C1=C(C)N=c2sc(=Cc3ccc(C(C)C)cc3)c(=O)n2C1c1ccc(OC(C)=O)cc1. The van der Waals surface area contributed by atoms with E-state index in [2.05, 4.69) is 37.6 Å². The van der Waals surface area contributed by atoms with Crippen molar-refractivity contribution in [3.63, 3.8) is 0 Å². The molecular weight excluding hydrogens is 488 g/mol. The zero-order valence-corrected chi connectivity index (χ0v) is 22.0. The van der Waals surface area contributed by atoms with Crippen molar-refractivity contribution in [3.05, 3.63) is 109 Å². The number of carbonyl (C=O) groups excluding carboxylic acids is 2. The minimum absolute atomic E-state index is 0.0323. The van der Waals surface area contributed by atoms with Gasteiger partial charge in [-0.15, -0.1) is 0 Å². The molecule has 1 aliphatic rings. The molecule has 0 spiro atoms. The number of nitrogens with zero attached hydrogens (tertiary/aromatic N) is 2. The number of hydrogen-bond acceptors (Lipinski definition) is 7. The van der Waals surface area contributed by atoms with E-state index in [9.17, 15) is 14.4 Å². The van der Waals surface area contributed by atoms with E-state index in [1.807, 2.05) is 18.2 Å². The van der Waals surface area contributed by atoms with Crippen molar-refractivity contribution in [1.82, 2.24) is 4.57 Å². The van der Waals surface area contributed by atoms with Crippen molar-refractivity contribution in [2.45, 2.75) is 39.7 Å². The van der Waals surface area contributed by atoms with E-state index in [1.54, 1.807) is 31.2 Å². The summed E-state index contributed by atoms with van der Waals surface area (Å²) in [5.74, 6) is -0.237. The van der Waals surface area contributed by atoms with Gasteiger partial charge in [0.15, 0.2) is 4.80 Å². The van der Waals surface area contributed by atoms with E-state index in [1.165, 1.54) is 34.5 Å². The molecule has 1 unspecified atom stereocenters. The molecule has 0 saturated heterocycles. The molecule has 2 aromatic carbocycles. The number of aromatic nitrogens is 1. The van der Waals surface area contributed by atoms with Crippen molar-refractivity contribution in [2.24, 2.45) is 4.99 Å². The Hall–Kier alpha value is -4.04. The van der Waals surface area contributed by atoms with Crippen LogP contribution < -0.4 is 19.6 Å². The zero-order valence-electron chi connectivity index (χ0n) is 21.2. The lowest BCUT2D eigenvalue weighted by Gasteiger charge is -2.24. The maximum atomic E-state index is 13.7. The summed E-state index contributed by atoms with van der Waals surface area (Å²) in [6.07, 6.45) is 3.32. The van der Waals surface area contributed by atoms with Crippen LogP contribution in [-0.2, 0) is 14.3 Å². The van der Waals surface area contributed by atoms with Crippen molar-refractivity contribution < 1.29 is 19.1 Å². The van der Waals surface area contributed by atoms with Crippen LogP contribution in [0.3, 0.4) is 0 Å². The summed E-state index contributed by atoms with van der Waals surface area (Å²) in [7, 11) is 0. The predicted octanol–water partition coefficient (Wildman–Crippen LogP) is 4.01. The number of benzene rings is 2. The normalized spacial score (nSPS) is 15.3. The highest BCUT2D eigenvalue weighted by Gasteiger charge is 2.33. The van der Waals surface area contributed by atoms with Crippen molar-refractivity contribution in [3.8, 4) is 5.75 Å². The Morgan fingerprint density at radius 2 is 1.81 bits per heavy atom. The molecule has 2 heterocycles. The minimum atomic E-state index is -0.759. The van der Waals surface area contributed by atoms with Gasteiger partial charge in [0.1, 0.15) is 12.4 Å². The fourth-order valence-electron chi connectivity index (χ4n) is 4.12. The number of esters is 2. The van der Waals surface area contributed by atoms with Crippen LogP contribution in [0.1, 0.15) is 56.3 Å². The second-order valence-corrected chi connectivity index (χ2v) is 9.96. The van der Waals surface area contributed by atoms with Crippen LogP contribution in [0.4, 0.5) is 0 Å². The van der Waals surface area contributed by atoms with E-state index in [4.69, 9.17) is 9.47 Å². The number of thiazole rings is 1. The number of carbonyl (C=O) groups is 2. The first kappa shape index (κ1) is 26.0. The fourth-order valence-corrected chi connectivity index (χ4v) is 5.17. The largest absolute Gasteiger partial charge is 0.458 e. The van der Waals surface area contributed by atoms with Gasteiger partial charge in [-0.25, -0.2) is 9.79 Å². The van der Waals surface area contributed by atoms with Crippen LogP contribution in [0, 0.1) is 0 Å². The molecule has 190 valence electrons. The minimum Gasteiger partial charge on any atom is -0.458 e. The van der Waals surface area contributed by atoms with Crippen LogP contribution >= 0.6 is 11.3 Å². The van der Waals surface area contributed by atoms with E-state index >= 15 is 0 Å². The van der Waals surface area contributed by atoms with E-state index in [-0.39, 0.29) is 17.7 Å². The Balaban J connectivity index is 1.86. The highest BCUT2D eigenvalue weighted by Crippen LogP contribution is 2.31. The van der Waals surface area contributed by atoms with Gasteiger partial charge in [0.05, 0.1) is 21.8 Å². The summed E-state index contributed by atoms with van der Waals surface area (Å²) in [5, 5.41) is 0. The third-order valence-corrected chi connectivity index (χ3v) is 6.92. The van der Waals surface area contributed by atoms with Gasteiger partial charge in [-0.1, -0.05) is 74.2 Å². The lowest BCUT2D eigenvalue weighted by molar-refractivity contribution is -0.138. The lowest BCUT2D eigenvalue weighted by Crippen LogP contribution is -2.39. The smallest absolute Gasteiger partial charge is 0.338 e. The topological polar surface area (TPSA) is 87.0 Å². The molecule has 4 rings (SSSR count). The van der Waals surface area contributed by atoms with E-state index in [0.717, 1.165) is 5.56 Å². The molecule has 3 aromatic rings. The number of hydrogen-bond donors (Lipinski definition) is 0. The van der Waals surface area contributed by atoms with Gasteiger partial charge < -0.3 is 9.47 Å². The average molecular weight is 517 g/mol. The summed E-state index contributed by atoms with van der Waals surface area (Å²) < 4.78 is 12.5. The Labute approximate surface area is 218 Å². The molecule has 0 radical (unpaired) electrons. The molecule has 0 N–H and O–H groups in total. The van der Waals surface area contributed by atoms with Crippen LogP contribution in [0.2, 0.25) is 0 Å². The molecule has 7 nitrogen and oxygen atoms in total. The monoisotopic (exact) mass is 516 g/mol. The molecule has 0 saturated carbocycles. The zero-order chi connectivity index (χ0) is 26.7. The maximum Gasteiger partial charge on any atom is 0.338 e. The molecular formula is C29H28N2O5S. The highest BCUT2D eigenvalue weighted by molar-refractivity contribution is 7.07. The highest BCUT2D eigenvalue weighted by atomic mass is 32.1. The predicted molar refractivity (Wildman–Crippen MR) is 143 cm³/mol. The van der Waals surface area contributed by atoms with Gasteiger partial charge in [-0.2, -0.15) is 0 Å². The molecule has 1 aromatic heterocycles. The Morgan fingerprint density at radius 1 is 1.14 bits per heavy atom. The van der Waals surface area contributed by atoms with Crippen LogP contribution in [-0.4, -0.2) is 23.1 Å². The Morgan fingerprint density at radius 3 is 2.41 bits per heavy atom. The summed E-state index contributed by atoms with van der Waals surface area (Å²) in [4.78, 5) is 43.2. The van der Waals surface area contributed by atoms with Crippen molar-refractivity contribution in [1.29, 1.82) is 0 Å². The molecule has 0 fully saturated rings. The fraction of sp³-hybridized carbons (Fsp3) is 0.241. The van der Waals surface area contributed by atoms with Gasteiger partial charge in [0.2, 0.25) is 0 Å². The van der Waals surface area contributed by atoms with E-state index in [0.29, 0.717) is 32.3 Å². The second kappa shape index (κ2) is 10.9. The molecule has 0 bridgehead atoms. The summed E-state index contributed by atoms with van der Waals surface area (Å²) in [5.41, 5.74) is 3.25. The maximum absolute atomic E-state index is 13.7. The van der Waals surface area contributed by atoms with Gasteiger partial charge in [0, 0.05) is 6.92 Å². The standard InChI is InChI=1S/C29H28N2O5S/c1-6-15-35-28(34)25-18(4)30-29-31(26(25)22-11-13-23(14-12-22)36-19(5)32)27(33)24(37-29)16-20-7-9-21(10-8-20)17(2)3/h6-14,16-17,26H,1,15H2,2-5H3. The van der Waals surface area contributed by atoms with Gasteiger partial charge in [-0.05, 0) is 47.7 Å². The first-order chi connectivity index (χ1) is 17.7. The number of rotatable bonds is 7. The third-order valence-electron chi connectivity index (χ3n) is 5.93. The summed E-state index contributed by atoms with van der Waals surface area (Å²) in [6.45, 7) is 10.9. The molecule has 37 heavy (non-hydrogen) atoms. The number of allylic oxidation sites excluding steroid dienone is 1. The lowest BCUT2D eigenvalue weighted by atomic mass is 9.96. The number of ether oxygens (including phenoxy) is 2. The number of fused-ring (bicyclic) bond motifs is 1. The van der Waals surface area contributed by atoms with Crippen molar-refractivity contribution in [2.75, 3.05) is 6.61 Å². The molecule has 0 amide bonds. The first-order valence-electron chi connectivity index (χ1n) is 11.9. The average Bonchev–Trinajstić information content (AvgIpc) is 3.16. The van der Waals surface area contributed by atoms with E-state index < -0.39 is 18.0 Å². The van der Waals surface area contributed by atoms with Gasteiger partial charge >= 0.3 is 11.9 Å². The summed E-state index contributed by atoms with van der Waals surface area (Å²) in [6, 6.07) is 14.0. The van der Waals surface area contributed by atoms with Crippen LogP contribution in [0.15, 0.2) is 82.2 Å². The first-order valence-corrected chi connectivity index (χ1v) is 12.7. The van der Waals surface area contributed by atoms with Gasteiger partial charge in [-0.3, -0.25) is 14.2 Å². The molecule has 0 aliphatic carbocycles. The van der Waals surface area contributed by atoms with Crippen LogP contribution in [0.25, 0.3) is 6.08 Å². The van der Waals surface area contributed by atoms with Crippen molar-refractivity contribution >= 4 is 29.4 Å². The Bertz CT molecular complexity index is 1560. The Kier molecular flexibility index (Phi) is 7.69.